The van der Waals surface area contributed by atoms with Crippen molar-refractivity contribution in [3.05, 3.63) is 56.6 Å². The summed E-state index contributed by atoms with van der Waals surface area (Å²) in [6.45, 7) is 1.47. The summed E-state index contributed by atoms with van der Waals surface area (Å²) in [5, 5.41) is 4.83. The fourth-order valence-electron chi connectivity index (χ4n) is 2.93. The molecule has 128 valence electrons. The van der Waals surface area contributed by atoms with E-state index >= 15 is 0 Å². The lowest BCUT2D eigenvalue weighted by molar-refractivity contribution is 0.0939. The molecule has 5 nitrogen and oxygen atoms in total. The van der Waals surface area contributed by atoms with Crippen LogP contribution in [0.2, 0.25) is 0 Å². The molecule has 2 aromatic heterocycles. The maximum atomic E-state index is 13.8. The number of rotatable bonds is 5. The largest absolute Gasteiger partial charge is 0.350 e. The molecule has 1 aliphatic rings. The summed E-state index contributed by atoms with van der Waals surface area (Å²) in [5.41, 5.74) is 0.101. The van der Waals surface area contributed by atoms with Gasteiger partial charge in [0.25, 0.3) is 11.5 Å². The summed E-state index contributed by atoms with van der Waals surface area (Å²) in [4.78, 5) is 27.1. The Hall–Kier alpha value is -1.99. The first kappa shape index (κ1) is 16.9. The van der Waals surface area contributed by atoms with Crippen molar-refractivity contribution < 1.29 is 9.18 Å². The number of carbonyl (C=O) groups is 1. The van der Waals surface area contributed by atoms with Gasteiger partial charge in [-0.2, -0.15) is 0 Å². The summed E-state index contributed by atoms with van der Waals surface area (Å²) in [6.07, 6.45) is 1.12. The molecule has 0 unspecified atom stereocenters. The lowest BCUT2D eigenvalue weighted by atomic mass is 10.2. The van der Waals surface area contributed by atoms with Gasteiger partial charge in [-0.15, -0.1) is 11.3 Å². The molecule has 1 fully saturated rings. The fourth-order valence-corrected chi connectivity index (χ4v) is 3.66. The summed E-state index contributed by atoms with van der Waals surface area (Å²) in [7, 11) is 1.63. The van der Waals surface area contributed by atoms with Crippen molar-refractivity contribution in [3.63, 3.8) is 0 Å². The van der Waals surface area contributed by atoms with Gasteiger partial charge in [0.15, 0.2) is 0 Å². The van der Waals surface area contributed by atoms with E-state index in [1.54, 1.807) is 30.6 Å². The number of amides is 1. The zero-order valence-electron chi connectivity index (χ0n) is 13.4. The van der Waals surface area contributed by atoms with E-state index in [4.69, 9.17) is 0 Å². The van der Waals surface area contributed by atoms with Crippen LogP contribution in [-0.4, -0.2) is 40.7 Å². The number of thiophene rings is 1. The normalized spacial score (nSPS) is 21.1. The Bertz CT molecular complexity index is 759. The van der Waals surface area contributed by atoms with Crippen molar-refractivity contribution in [3.8, 4) is 0 Å². The monoisotopic (exact) mass is 349 g/mol. The van der Waals surface area contributed by atoms with Gasteiger partial charge in [0.05, 0.1) is 0 Å². The molecule has 1 amide bonds. The van der Waals surface area contributed by atoms with Crippen molar-refractivity contribution in [1.29, 1.82) is 0 Å². The molecule has 3 rings (SSSR count). The van der Waals surface area contributed by atoms with E-state index in [1.807, 2.05) is 17.5 Å². The maximum Gasteiger partial charge on any atom is 0.251 e. The lowest BCUT2D eigenvalue weighted by Gasteiger charge is -2.23. The molecule has 1 N–H and O–H groups in total. The van der Waals surface area contributed by atoms with E-state index in [9.17, 15) is 14.0 Å². The third-order valence-electron chi connectivity index (χ3n) is 4.28. The van der Waals surface area contributed by atoms with Crippen LogP contribution in [0, 0.1) is 0 Å². The van der Waals surface area contributed by atoms with Crippen LogP contribution < -0.4 is 10.9 Å². The molecule has 0 bridgehead atoms. The standard InChI is InChI=1S/C17H20FN3O2S/c1-20-5-4-12(7-16(20)22)17(23)19-9-14-8-13(18)10-21(14)11-15-3-2-6-24-15/h2-7,13-14H,8-11H2,1H3,(H,19,23)/t13-,14-/m0/s1. The van der Waals surface area contributed by atoms with Crippen molar-refractivity contribution in [2.24, 2.45) is 7.05 Å². The minimum absolute atomic E-state index is 0.0300. The van der Waals surface area contributed by atoms with E-state index in [1.165, 1.54) is 15.5 Å². The van der Waals surface area contributed by atoms with Crippen LogP contribution in [0.4, 0.5) is 4.39 Å². The third kappa shape index (κ3) is 3.91. The quantitative estimate of drug-likeness (QED) is 0.895. The van der Waals surface area contributed by atoms with E-state index in [0.29, 0.717) is 31.6 Å². The number of aromatic nitrogens is 1. The minimum atomic E-state index is -0.865. The average Bonchev–Trinajstić information content (AvgIpc) is 3.18. The van der Waals surface area contributed by atoms with Gasteiger partial charge in [-0.3, -0.25) is 14.5 Å². The number of halogens is 1. The molecule has 3 heterocycles. The van der Waals surface area contributed by atoms with Gasteiger partial charge in [0, 0.05) is 55.4 Å². The predicted molar refractivity (Wildman–Crippen MR) is 92.0 cm³/mol. The number of nitrogens with one attached hydrogen (secondary N) is 1. The van der Waals surface area contributed by atoms with E-state index in [-0.39, 0.29) is 17.5 Å². The van der Waals surface area contributed by atoms with Gasteiger partial charge in [-0.25, -0.2) is 4.39 Å². The molecule has 0 aromatic carbocycles. The van der Waals surface area contributed by atoms with Gasteiger partial charge in [0.1, 0.15) is 6.17 Å². The number of alkyl halides is 1. The van der Waals surface area contributed by atoms with Gasteiger partial charge in [-0.05, 0) is 23.9 Å². The Morgan fingerprint density at radius 1 is 1.46 bits per heavy atom. The highest BCUT2D eigenvalue weighted by Crippen LogP contribution is 2.23. The highest BCUT2D eigenvalue weighted by atomic mass is 32.1. The fraction of sp³-hybridized carbons (Fsp3) is 0.412. The number of likely N-dealkylation sites (tertiary alicyclic amines) is 1. The molecule has 0 saturated carbocycles. The molecule has 1 aliphatic heterocycles. The first-order chi connectivity index (χ1) is 11.5. The van der Waals surface area contributed by atoms with Crippen LogP contribution >= 0.6 is 11.3 Å². The van der Waals surface area contributed by atoms with Crippen LogP contribution in [0.5, 0.6) is 0 Å². The maximum absolute atomic E-state index is 13.8. The smallest absolute Gasteiger partial charge is 0.251 e. The summed E-state index contributed by atoms with van der Waals surface area (Å²) < 4.78 is 15.2. The number of carbonyl (C=O) groups excluding carboxylic acids is 1. The van der Waals surface area contributed by atoms with Crippen molar-refractivity contribution >= 4 is 17.2 Å². The van der Waals surface area contributed by atoms with Crippen molar-refractivity contribution in [2.45, 2.75) is 25.2 Å². The van der Waals surface area contributed by atoms with Crippen LogP contribution in [0.3, 0.4) is 0 Å². The second kappa shape index (κ2) is 7.27. The highest BCUT2D eigenvalue weighted by Gasteiger charge is 2.32. The van der Waals surface area contributed by atoms with Gasteiger partial charge >= 0.3 is 0 Å². The van der Waals surface area contributed by atoms with Crippen LogP contribution in [-0.2, 0) is 13.6 Å². The molecule has 0 aliphatic carbocycles. The van der Waals surface area contributed by atoms with Crippen LogP contribution in [0.25, 0.3) is 0 Å². The number of hydrogen-bond donors (Lipinski definition) is 1. The predicted octanol–water partition coefficient (Wildman–Crippen LogP) is 1.79. The Morgan fingerprint density at radius 3 is 3.00 bits per heavy atom. The second-order valence-electron chi connectivity index (χ2n) is 6.07. The second-order valence-corrected chi connectivity index (χ2v) is 7.10. The zero-order chi connectivity index (χ0) is 17.1. The Morgan fingerprint density at radius 2 is 2.29 bits per heavy atom. The number of nitrogens with zero attached hydrogens (tertiary/aromatic N) is 2. The van der Waals surface area contributed by atoms with E-state index in [0.717, 1.165) is 0 Å². The van der Waals surface area contributed by atoms with Gasteiger partial charge < -0.3 is 9.88 Å². The summed E-state index contributed by atoms with van der Waals surface area (Å²) in [5.74, 6) is -0.300. The van der Waals surface area contributed by atoms with Gasteiger partial charge in [-0.1, -0.05) is 6.07 Å². The first-order valence-electron chi connectivity index (χ1n) is 7.88. The summed E-state index contributed by atoms with van der Waals surface area (Å²) in [6, 6.07) is 6.90. The molecular formula is C17H20FN3O2S. The van der Waals surface area contributed by atoms with E-state index < -0.39 is 6.17 Å². The van der Waals surface area contributed by atoms with Crippen molar-refractivity contribution in [1.82, 2.24) is 14.8 Å². The van der Waals surface area contributed by atoms with Crippen molar-refractivity contribution in [2.75, 3.05) is 13.1 Å². The van der Waals surface area contributed by atoms with Crippen LogP contribution in [0.15, 0.2) is 40.6 Å². The Balaban J connectivity index is 1.60. The first-order valence-corrected chi connectivity index (χ1v) is 8.76. The Labute approximate surface area is 143 Å². The molecule has 2 aromatic rings. The summed E-state index contributed by atoms with van der Waals surface area (Å²) >= 11 is 1.65. The average molecular weight is 349 g/mol. The molecule has 1 saturated heterocycles. The molecule has 0 spiro atoms. The molecule has 24 heavy (non-hydrogen) atoms. The minimum Gasteiger partial charge on any atom is -0.350 e. The number of pyridine rings is 1. The lowest BCUT2D eigenvalue weighted by Crippen LogP contribution is -2.40. The molecular weight excluding hydrogens is 329 g/mol. The SMILES string of the molecule is Cn1ccc(C(=O)NC[C@@H]2C[C@H](F)CN2Cc2cccs2)cc1=O. The zero-order valence-corrected chi connectivity index (χ0v) is 14.3. The van der Waals surface area contributed by atoms with Crippen LogP contribution in [0.1, 0.15) is 21.7 Å². The third-order valence-corrected chi connectivity index (χ3v) is 5.14. The number of aryl methyl sites for hydroxylation is 1. The highest BCUT2D eigenvalue weighted by molar-refractivity contribution is 7.09. The van der Waals surface area contributed by atoms with Gasteiger partial charge in [0.2, 0.25) is 0 Å². The Kier molecular flexibility index (Phi) is 5.11. The number of hydrogen-bond acceptors (Lipinski definition) is 4. The van der Waals surface area contributed by atoms with E-state index in [2.05, 4.69) is 10.2 Å². The molecule has 0 radical (unpaired) electrons. The molecule has 7 heteroatoms. The molecule has 2 atom stereocenters. The topological polar surface area (TPSA) is 54.3 Å².